The Balaban J connectivity index is 2.58. The predicted octanol–water partition coefficient (Wildman–Crippen LogP) is 2.30. The standard InChI is InChI=1S/C15H20O5/c1-17-7-4-8-20-15(16)6-5-12-9-13(18-2)11-14(10-12)19-3/h5-6,9-11H,4,7-8H2,1-3H3. The van der Waals surface area contributed by atoms with Crippen molar-refractivity contribution in [1.82, 2.24) is 0 Å². The largest absolute Gasteiger partial charge is 0.497 e. The van der Waals surface area contributed by atoms with Crippen molar-refractivity contribution in [2.75, 3.05) is 34.5 Å². The van der Waals surface area contributed by atoms with Crippen LogP contribution in [0.2, 0.25) is 0 Å². The van der Waals surface area contributed by atoms with Gasteiger partial charge in [-0.05, 0) is 23.8 Å². The molecule has 20 heavy (non-hydrogen) atoms. The second-order valence-corrected chi connectivity index (χ2v) is 3.99. The lowest BCUT2D eigenvalue weighted by atomic mass is 10.2. The molecule has 1 rings (SSSR count). The van der Waals surface area contributed by atoms with Crippen LogP contribution in [0.15, 0.2) is 24.3 Å². The molecule has 0 aliphatic carbocycles. The van der Waals surface area contributed by atoms with Crippen molar-refractivity contribution in [1.29, 1.82) is 0 Å². The molecule has 0 saturated carbocycles. The molecule has 0 radical (unpaired) electrons. The van der Waals surface area contributed by atoms with Gasteiger partial charge in [0.2, 0.25) is 0 Å². The van der Waals surface area contributed by atoms with Gasteiger partial charge < -0.3 is 18.9 Å². The minimum absolute atomic E-state index is 0.346. The van der Waals surface area contributed by atoms with Crippen LogP contribution >= 0.6 is 0 Å². The molecule has 1 aromatic carbocycles. The summed E-state index contributed by atoms with van der Waals surface area (Å²) in [5.74, 6) is 0.942. The van der Waals surface area contributed by atoms with Crippen molar-refractivity contribution in [3.63, 3.8) is 0 Å². The Hall–Kier alpha value is -2.01. The minimum atomic E-state index is -0.386. The van der Waals surface area contributed by atoms with E-state index in [1.807, 2.05) is 0 Å². The molecule has 0 unspecified atom stereocenters. The zero-order valence-corrected chi connectivity index (χ0v) is 12.0. The molecular weight excluding hydrogens is 260 g/mol. The van der Waals surface area contributed by atoms with Crippen LogP contribution in [0.5, 0.6) is 11.5 Å². The first-order valence-electron chi connectivity index (χ1n) is 6.26. The van der Waals surface area contributed by atoms with E-state index >= 15 is 0 Å². The average Bonchev–Trinajstić information content (AvgIpc) is 2.49. The maximum atomic E-state index is 11.5. The molecule has 0 aromatic heterocycles. The summed E-state index contributed by atoms with van der Waals surface area (Å²) < 4.78 is 20.2. The maximum Gasteiger partial charge on any atom is 0.330 e. The topological polar surface area (TPSA) is 54.0 Å². The summed E-state index contributed by atoms with van der Waals surface area (Å²) in [5, 5.41) is 0. The zero-order valence-electron chi connectivity index (χ0n) is 12.0. The lowest BCUT2D eigenvalue weighted by Crippen LogP contribution is -2.04. The summed E-state index contributed by atoms with van der Waals surface area (Å²) in [4.78, 5) is 11.5. The molecule has 0 spiro atoms. The third-order valence-electron chi connectivity index (χ3n) is 2.52. The first-order chi connectivity index (χ1) is 9.69. The van der Waals surface area contributed by atoms with Gasteiger partial charge in [-0.2, -0.15) is 0 Å². The summed E-state index contributed by atoms with van der Waals surface area (Å²) in [6.45, 7) is 0.919. The number of esters is 1. The second kappa shape index (κ2) is 8.98. The number of rotatable bonds is 8. The van der Waals surface area contributed by atoms with Crippen LogP contribution in [0.4, 0.5) is 0 Å². The van der Waals surface area contributed by atoms with Gasteiger partial charge in [0.15, 0.2) is 0 Å². The predicted molar refractivity (Wildman–Crippen MR) is 76.0 cm³/mol. The van der Waals surface area contributed by atoms with Gasteiger partial charge in [-0.25, -0.2) is 4.79 Å². The van der Waals surface area contributed by atoms with Gasteiger partial charge in [-0.3, -0.25) is 0 Å². The molecule has 0 fully saturated rings. The number of methoxy groups -OCH3 is 3. The number of hydrogen-bond acceptors (Lipinski definition) is 5. The summed E-state index contributed by atoms with van der Waals surface area (Å²) in [7, 11) is 4.76. The van der Waals surface area contributed by atoms with Crippen molar-refractivity contribution in [2.45, 2.75) is 6.42 Å². The summed E-state index contributed by atoms with van der Waals surface area (Å²) in [6, 6.07) is 5.37. The Labute approximate surface area is 119 Å². The van der Waals surface area contributed by atoms with Crippen LogP contribution in [0, 0.1) is 0 Å². The van der Waals surface area contributed by atoms with Gasteiger partial charge in [0.1, 0.15) is 11.5 Å². The van der Waals surface area contributed by atoms with Crippen molar-refractivity contribution >= 4 is 12.0 Å². The Bertz CT molecular complexity index is 431. The number of benzene rings is 1. The highest BCUT2D eigenvalue weighted by Gasteiger charge is 2.01. The number of ether oxygens (including phenoxy) is 4. The Kier molecular flexibility index (Phi) is 7.21. The van der Waals surface area contributed by atoms with Gasteiger partial charge in [-0.15, -0.1) is 0 Å². The third kappa shape index (κ3) is 5.75. The summed E-state index contributed by atoms with van der Waals surface area (Å²) in [6.07, 6.45) is 3.72. The average molecular weight is 280 g/mol. The van der Waals surface area contributed by atoms with Gasteiger partial charge in [0.25, 0.3) is 0 Å². The molecule has 0 heterocycles. The van der Waals surface area contributed by atoms with E-state index in [0.29, 0.717) is 31.1 Å². The normalized spacial score (nSPS) is 10.6. The van der Waals surface area contributed by atoms with Gasteiger partial charge >= 0.3 is 5.97 Å². The van der Waals surface area contributed by atoms with Crippen LogP contribution in [0.25, 0.3) is 6.08 Å². The SMILES string of the molecule is COCCCOC(=O)C=Cc1cc(OC)cc(OC)c1. The second-order valence-electron chi connectivity index (χ2n) is 3.99. The fraction of sp³-hybridized carbons (Fsp3) is 0.400. The Morgan fingerprint density at radius 3 is 2.25 bits per heavy atom. The quantitative estimate of drug-likeness (QED) is 0.415. The van der Waals surface area contributed by atoms with Gasteiger partial charge in [-0.1, -0.05) is 0 Å². The van der Waals surface area contributed by atoms with Crippen molar-refractivity contribution in [3.05, 3.63) is 29.8 Å². The Morgan fingerprint density at radius 1 is 1.05 bits per heavy atom. The Morgan fingerprint density at radius 2 is 1.70 bits per heavy atom. The molecule has 0 aliphatic rings. The molecule has 0 bridgehead atoms. The summed E-state index contributed by atoms with van der Waals surface area (Å²) >= 11 is 0. The fourth-order valence-corrected chi connectivity index (χ4v) is 1.51. The number of carbonyl (C=O) groups excluding carboxylic acids is 1. The molecule has 0 N–H and O–H groups in total. The molecule has 110 valence electrons. The highest BCUT2D eigenvalue weighted by atomic mass is 16.5. The molecule has 5 heteroatoms. The van der Waals surface area contributed by atoms with Crippen molar-refractivity contribution in [3.8, 4) is 11.5 Å². The minimum Gasteiger partial charge on any atom is -0.497 e. The van der Waals surface area contributed by atoms with E-state index in [2.05, 4.69) is 0 Å². The first kappa shape index (κ1) is 16.0. The smallest absolute Gasteiger partial charge is 0.330 e. The zero-order chi connectivity index (χ0) is 14.8. The monoisotopic (exact) mass is 280 g/mol. The van der Waals surface area contributed by atoms with Crippen LogP contribution < -0.4 is 9.47 Å². The van der Waals surface area contributed by atoms with Crippen LogP contribution in [0.1, 0.15) is 12.0 Å². The van der Waals surface area contributed by atoms with Crippen molar-refractivity contribution < 1.29 is 23.7 Å². The molecule has 0 saturated heterocycles. The maximum absolute atomic E-state index is 11.5. The van der Waals surface area contributed by atoms with E-state index in [1.165, 1.54) is 6.08 Å². The molecule has 0 amide bonds. The van der Waals surface area contributed by atoms with Crippen LogP contribution in [0.3, 0.4) is 0 Å². The van der Waals surface area contributed by atoms with E-state index in [1.54, 1.807) is 45.6 Å². The van der Waals surface area contributed by atoms with Gasteiger partial charge in [0.05, 0.1) is 20.8 Å². The third-order valence-corrected chi connectivity index (χ3v) is 2.52. The van der Waals surface area contributed by atoms with Crippen LogP contribution in [-0.4, -0.2) is 40.5 Å². The number of hydrogen-bond donors (Lipinski definition) is 0. The van der Waals surface area contributed by atoms with Crippen molar-refractivity contribution in [2.24, 2.45) is 0 Å². The van der Waals surface area contributed by atoms with E-state index in [0.717, 1.165) is 5.56 Å². The molecule has 5 nitrogen and oxygen atoms in total. The van der Waals surface area contributed by atoms with Gasteiger partial charge in [0, 0.05) is 32.3 Å². The summed E-state index contributed by atoms with van der Waals surface area (Å²) in [5.41, 5.74) is 0.801. The highest BCUT2D eigenvalue weighted by Crippen LogP contribution is 2.23. The van der Waals surface area contributed by atoms with E-state index in [9.17, 15) is 4.79 Å². The highest BCUT2D eigenvalue weighted by molar-refractivity contribution is 5.87. The fourth-order valence-electron chi connectivity index (χ4n) is 1.51. The molecule has 0 atom stereocenters. The van der Waals surface area contributed by atoms with E-state index in [4.69, 9.17) is 18.9 Å². The molecule has 0 aliphatic heterocycles. The lowest BCUT2D eigenvalue weighted by molar-refractivity contribution is -0.138. The lowest BCUT2D eigenvalue weighted by Gasteiger charge is -2.05. The molecule has 1 aromatic rings. The van der Waals surface area contributed by atoms with E-state index in [-0.39, 0.29) is 5.97 Å². The van der Waals surface area contributed by atoms with E-state index < -0.39 is 0 Å². The number of carbonyl (C=O) groups is 1. The van der Waals surface area contributed by atoms with Crippen LogP contribution in [-0.2, 0) is 14.3 Å². The molecular formula is C15H20O5. The first-order valence-corrected chi connectivity index (χ1v) is 6.26.